The Bertz CT molecular complexity index is 384. The molecule has 1 saturated heterocycles. The lowest BCUT2D eigenvalue weighted by molar-refractivity contribution is 0.407. The first-order valence-electron chi connectivity index (χ1n) is 6.66. The first kappa shape index (κ1) is 14.3. The molecule has 5 heteroatoms. The molecule has 1 aliphatic heterocycles. The van der Waals surface area contributed by atoms with Gasteiger partial charge in [0, 0.05) is 35.4 Å². The molecule has 2 rings (SSSR count). The van der Waals surface area contributed by atoms with Crippen LogP contribution in [0.3, 0.4) is 0 Å². The van der Waals surface area contributed by atoms with Gasteiger partial charge in [-0.1, -0.05) is 36.7 Å². The van der Waals surface area contributed by atoms with Crippen LogP contribution in [0.15, 0.2) is 0 Å². The van der Waals surface area contributed by atoms with Crippen LogP contribution < -0.4 is 4.90 Å². The Kier molecular flexibility index (Phi) is 4.64. The van der Waals surface area contributed by atoms with Gasteiger partial charge in [-0.05, 0) is 25.2 Å². The van der Waals surface area contributed by atoms with Crippen LogP contribution in [0.5, 0.6) is 0 Å². The minimum atomic E-state index is 0.0554. The highest BCUT2D eigenvalue weighted by Crippen LogP contribution is 2.29. The van der Waals surface area contributed by atoms with E-state index in [-0.39, 0.29) is 5.41 Å². The van der Waals surface area contributed by atoms with E-state index in [1.54, 1.807) is 11.5 Å². The van der Waals surface area contributed by atoms with Crippen molar-refractivity contribution in [3.8, 4) is 0 Å². The van der Waals surface area contributed by atoms with Gasteiger partial charge >= 0.3 is 0 Å². The van der Waals surface area contributed by atoms with E-state index in [1.165, 1.54) is 19.3 Å². The third-order valence-corrected chi connectivity index (χ3v) is 4.63. The molecule has 0 spiro atoms. The summed E-state index contributed by atoms with van der Waals surface area (Å²) >= 11 is 5.10. The molecule has 102 valence electrons. The topological polar surface area (TPSA) is 29.0 Å². The van der Waals surface area contributed by atoms with Crippen LogP contribution in [0.2, 0.25) is 0 Å². The summed E-state index contributed by atoms with van der Waals surface area (Å²) in [6.07, 6.45) is 3.90. The second kappa shape index (κ2) is 5.87. The van der Waals surface area contributed by atoms with Gasteiger partial charge in [0.1, 0.15) is 5.82 Å². The molecule has 1 aromatic heterocycles. The Morgan fingerprint density at radius 2 is 2.22 bits per heavy atom. The van der Waals surface area contributed by atoms with Crippen molar-refractivity contribution in [3.63, 3.8) is 0 Å². The zero-order valence-corrected chi connectivity index (χ0v) is 13.9. The number of alkyl halides is 1. The average Bonchev–Trinajstić information content (AvgIpc) is 2.78. The minimum Gasteiger partial charge on any atom is -0.347 e. The fourth-order valence-electron chi connectivity index (χ4n) is 2.28. The van der Waals surface area contributed by atoms with Crippen LogP contribution in [0, 0.1) is 5.92 Å². The van der Waals surface area contributed by atoms with Gasteiger partial charge < -0.3 is 4.90 Å². The summed E-state index contributed by atoms with van der Waals surface area (Å²) in [6.45, 7) is 8.79. The SMILES string of the molecule is CC(C)(C)c1nsc(N2CCCC(CCBr)C2)n1. The van der Waals surface area contributed by atoms with E-state index < -0.39 is 0 Å². The highest BCUT2D eigenvalue weighted by atomic mass is 79.9. The van der Waals surface area contributed by atoms with Crippen molar-refractivity contribution in [2.24, 2.45) is 5.92 Å². The molecular weight excluding hydrogens is 310 g/mol. The molecule has 0 N–H and O–H groups in total. The molecule has 1 aromatic rings. The van der Waals surface area contributed by atoms with Gasteiger partial charge in [0.05, 0.1) is 0 Å². The predicted molar refractivity (Wildman–Crippen MR) is 82.0 cm³/mol. The third kappa shape index (κ3) is 3.44. The molecule has 0 aliphatic carbocycles. The van der Waals surface area contributed by atoms with E-state index in [4.69, 9.17) is 4.98 Å². The van der Waals surface area contributed by atoms with Gasteiger partial charge in [-0.25, -0.2) is 4.98 Å². The summed E-state index contributed by atoms with van der Waals surface area (Å²) in [6, 6.07) is 0. The molecule has 0 radical (unpaired) electrons. The van der Waals surface area contributed by atoms with Crippen molar-refractivity contribution < 1.29 is 0 Å². The molecule has 1 fully saturated rings. The normalized spacial score (nSPS) is 21.3. The van der Waals surface area contributed by atoms with E-state index in [0.717, 1.165) is 35.3 Å². The summed E-state index contributed by atoms with van der Waals surface area (Å²) < 4.78 is 4.51. The summed E-state index contributed by atoms with van der Waals surface area (Å²) in [5.41, 5.74) is 0.0554. The van der Waals surface area contributed by atoms with E-state index in [9.17, 15) is 0 Å². The first-order valence-corrected chi connectivity index (χ1v) is 8.55. The molecule has 1 aliphatic rings. The lowest BCUT2D eigenvalue weighted by Crippen LogP contribution is -2.35. The van der Waals surface area contributed by atoms with Crippen LogP contribution in [-0.4, -0.2) is 27.8 Å². The number of aromatic nitrogens is 2. The number of rotatable bonds is 3. The summed E-state index contributed by atoms with van der Waals surface area (Å²) in [5.74, 6) is 1.78. The van der Waals surface area contributed by atoms with Crippen LogP contribution in [0.4, 0.5) is 5.13 Å². The van der Waals surface area contributed by atoms with Crippen LogP contribution in [-0.2, 0) is 5.41 Å². The molecule has 1 unspecified atom stereocenters. The number of piperidine rings is 1. The van der Waals surface area contributed by atoms with Gasteiger partial charge in [-0.2, -0.15) is 4.37 Å². The maximum Gasteiger partial charge on any atom is 0.205 e. The lowest BCUT2D eigenvalue weighted by Gasteiger charge is -2.32. The molecule has 1 atom stereocenters. The average molecular weight is 332 g/mol. The van der Waals surface area contributed by atoms with E-state index in [2.05, 4.69) is 46.0 Å². The van der Waals surface area contributed by atoms with Crippen LogP contribution in [0.25, 0.3) is 0 Å². The Labute approximate surface area is 122 Å². The third-order valence-electron chi connectivity index (χ3n) is 3.39. The smallest absolute Gasteiger partial charge is 0.205 e. The second-order valence-electron chi connectivity index (χ2n) is 6.08. The lowest BCUT2D eigenvalue weighted by atomic mass is 9.96. The summed E-state index contributed by atoms with van der Waals surface area (Å²) in [5, 5.41) is 2.22. The standard InChI is InChI=1S/C13H22BrN3S/c1-13(2,3)11-15-12(18-16-11)17-8-4-5-10(9-17)6-7-14/h10H,4-9H2,1-3H3. The molecular formula is C13H22BrN3S. The second-order valence-corrected chi connectivity index (χ2v) is 7.61. The highest BCUT2D eigenvalue weighted by Gasteiger charge is 2.25. The number of anilines is 1. The zero-order chi connectivity index (χ0) is 13.2. The molecule has 0 aromatic carbocycles. The Balaban J connectivity index is 2.05. The molecule has 0 bridgehead atoms. The van der Waals surface area contributed by atoms with E-state index in [0.29, 0.717) is 0 Å². The Morgan fingerprint density at radius 1 is 1.44 bits per heavy atom. The fraction of sp³-hybridized carbons (Fsp3) is 0.846. The fourth-order valence-corrected chi connectivity index (χ4v) is 3.82. The first-order chi connectivity index (χ1) is 8.50. The van der Waals surface area contributed by atoms with Crippen molar-refractivity contribution in [1.29, 1.82) is 0 Å². The Morgan fingerprint density at radius 3 is 2.83 bits per heavy atom. The number of halogens is 1. The molecule has 0 saturated carbocycles. The molecule has 3 nitrogen and oxygen atoms in total. The molecule has 0 amide bonds. The van der Waals surface area contributed by atoms with Crippen molar-refractivity contribution >= 4 is 32.6 Å². The molecule has 18 heavy (non-hydrogen) atoms. The van der Waals surface area contributed by atoms with Crippen molar-refractivity contribution in [2.45, 2.75) is 45.4 Å². The summed E-state index contributed by atoms with van der Waals surface area (Å²) in [7, 11) is 0. The predicted octanol–water partition coefficient (Wildman–Crippen LogP) is 3.84. The summed E-state index contributed by atoms with van der Waals surface area (Å²) in [4.78, 5) is 7.14. The van der Waals surface area contributed by atoms with Gasteiger partial charge in [0.25, 0.3) is 0 Å². The van der Waals surface area contributed by atoms with Gasteiger partial charge in [0.15, 0.2) is 0 Å². The van der Waals surface area contributed by atoms with Gasteiger partial charge in [-0.3, -0.25) is 0 Å². The number of hydrogen-bond donors (Lipinski definition) is 0. The highest BCUT2D eigenvalue weighted by molar-refractivity contribution is 9.09. The zero-order valence-electron chi connectivity index (χ0n) is 11.4. The van der Waals surface area contributed by atoms with E-state index >= 15 is 0 Å². The molecule has 2 heterocycles. The maximum absolute atomic E-state index is 4.72. The van der Waals surface area contributed by atoms with Crippen LogP contribution in [0.1, 0.15) is 45.9 Å². The van der Waals surface area contributed by atoms with E-state index in [1.807, 2.05) is 0 Å². The largest absolute Gasteiger partial charge is 0.347 e. The Hall–Kier alpha value is -0.160. The van der Waals surface area contributed by atoms with Gasteiger partial charge in [0.2, 0.25) is 5.13 Å². The number of nitrogens with zero attached hydrogens (tertiary/aromatic N) is 3. The monoisotopic (exact) mass is 331 g/mol. The van der Waals surface area contributed by atoms with Crippen molar-refractivity contribution in [2.75, 3.05) is 23.3 Å². The number of hydrogen-bond acceptors (Lipinski definition) is 4. The van der Waals surface area contributed by atoms with Crippen molar-refractivity contribution in [3.05, 3.63) is 5.82 Å². The van der Waals surface area contributed by atoms with Crippen LogP contribution >= 0.6 is 27.5 Å². The van der Waals surface area contributed by atoms with Crippen molar-refractivity contribution in [1.82, 2.24) is 9.36 Å². The quantitative estimate of drug-likeness (QED) is 0.788. The van der Waals surface area contributed by atoms with Gasteiger partial charge in [-0.15, -0.1) is 0 Å². The minimum absolute atomic E-state index is 0.0554. The maximum atomic E-state index is 4.72.